The molecular weight excluding hydrogens is 358 g/mol. The SMILES string of the molecule is [O-][S+](Cc1ccccc1)c1nc2cc3c(-c4ccncc4)n[nH]c3cc2[nH]1. The van der Waals surface area contributed by atoms with Gasteiger partial charge in [-0.2, -0.15) is 10.1 Å². The number of aromatic nitrogens is 5. The number of imidazole rings is 1. The van der Waals surface area contributed by atoms with Crippen molar-refractivity contribution in [2.24, 2.45) is 0 Å². The molecule has 0 fully saturated rings. The van der Waals surface area contributed by atoms with Gasteiger partial charge in [-0.3, -0.25) is 15.1 Å². The Kier molecular flexibility index (Phi) is 3.88. The van der Waals surface area contributed by atoms with Crippen molar-refractivity contribution < 1.29 is 4.55 Å². The van der Waals surface area contributed by atoms with Crippen LogP contribution >= 0.6 is 0 Å². The van der Waals surface area contributed by atoms with Crippen molar-refractivity contribution in [3.63, 3.8) is 0 Å². The lowest BCUT2D eigenvalue weighted by Gasteiger charge is -2.06. The molecule has 1 unspecified atom stereocenters. The second-order valence-corrected chi connectivity index (χ2v) is 7.61. The van der Waals surface area contributed by atoms with Gasteiger partial charge in [0.1, 0.15) is 11.4 Å². The van der Waals surface area contributed by atoms with Crippen LogP contribution in [0.5, 0.6) is 0 Å². The molecule has 2 aromatic carbocycles. The number of hydrogen-bond acceptors (Lipinski definition) is 4. The molecule has 132 valence electrons. The van der Waals surface area contributed by atoms with Gasteiger partial charge in [0, 0.05) is 40.1 Å². The lowest BCUT2D eigenvalue weighted by molar-refractivity contribution is 0.587. The number of nitrogens with zero attached hydrogens (tertiary/aromatic N) is 3. The third kappa shape index (κ3) is 2.97. The first-order valence-electron chi connectivity index (χ1n) is 8.48. The fourth-order valence-corrected chi connectivity index (χ4v) is 4.19. The lowest BCUT2D eigenvalue weighted by atomic mass is 10.1. The molecule has 0 spiro atoms. The number of fused-ring (bicyclic) bond motifs is 2. The summed E-state index contributed by atoms with van der Waals surface area (Å²) >= 11 is -1.23. The van der Waals surface area contributed by atoms with E-state index in [0.717, 1.165) is 38.8 Å². The molecule has 5 rings (SSSR count). The third-order valence-electron chi connectivity index (χ3n) is 4.45. The maximum atomic E-state index is 12.7. The summed E-state index contributed by atoms with van der Waals surface area (Å²) in [5.74, 6) is 0.433. The van der Waals surface area contributed by atoms with Crippen LogP contribution in [-0.2, 0) is 16.9 Å². The highest BCUT2D eigenvalue weighted by molar-refractivity contribution is 7.90. The van der Waals surface area contributed by atoms with E-state index in [1.165, 1.54) is 0 Å². The van der Waals surface area contributed by atoms with Crippen molar-refractivity contribution in [1.29, 1.82) is 0 Å². The Hall–Kier alpha value is -3.16. The fraction of sp³-hybridized carbons (Fsp3) is 0.0500. The minimum atomic E-state index is -1.23. The zero-order valence-corrected chi connectivity index (χ0v) is 15.0. The molecule has 0 aliphatic carbocycles. The monoisotopic (exact) mass is 373 g/mol. The highest BCUT2D eigenvalue weighted by Crippen LogP contribution is 2.29. The van der Waals surface area contributed by atoms with Gasteiger partial charge in [-0.1, -0.05) is 30.3 Å². The summed E-state index contributed by atoms with van der Waals surface area (Å²) in [7, 11) is 0. The molecule has 0 aliphatic heterocycles. The second-order valence-electron chi connectivity index (χ2n) is 6.24. The van der Waals surface area contributed by atoms with Gasteiger partial charge in [0.2, 0.25) is 0 Å². The molecule has 27 heavy (non-hydrogen) atoms. The number of pyridine rings is 1. The molecule has 3 heterocycles. The summed E-state index contributed by atoms with van der Waals surface area (Å²) in [6.07, 6.45) is 3.49. The van der Waals surface area contributed by atoms with Crippen LogP contribution in [0.3, 0.4) is 0 Å². The number of H-pyrrole nitrogens is 2. The van der Waals surface area contributed by atoms with E-state index < -0.39 is 11.2 Å². The highest BCUT2D eigenvalue weighted by Gasteiger charge is 2.18. The standard InChI is InChI=1S/C20H15N5OS/c26-27(12-13-4-2-1-3-5-13)20-22-17-10-15-16(11-18(17)23-20)24-25-19(15)14-6-8-21-9-7-14/h1-11H,12H2,(H,22,23)(H,24,25). The zero-order valence-electron chi connectivity index (χ0n) is 14.2. The van der Waals surface area contributed by atoms with Gasteiger partial charge in [-0.25, -0.2) is 0 Å². The van der Waals surface area contributed by atoms with E-state index >= 15 is 0 Å². The number of aromatic amines is 2. The maximum absolute atomic E-state index is 12.7. The van der Waals surface area contributed by atoms with Gasteiger partial charge in [-0.05, 0) is 24.3 Å². The fourth-order valence-electron chi connectivity index (χ4n) is 3.13. The van der Waals surface area contributed by atoms with Crippen LogP contribution in [0.1, 0.15) is 5.56 Å². The topological polar surface area (TPSA) is 93.3 Å². The van der Waals surface area contributed by atoms with Gasteiger partial charge < -0.3 is 4.55 Å². The molecule has 7 heteroatoms. The van der Waals surface area contributed by atoms with Crippen molar-refractivity contribution in [2.75, 3.05) is 0 Å². The largest absolute Gasteiger partial charge is 0.609 e. The molecular formula is C20H15N5OS. The minimum Gasteiger partial charge on any atom is -0.609 e. The van der Waals surface area contributed by atoms with Gasteiger partial charge in [0.15, 0.2) is 0 Å². The Morgan fingerprint density at radius 3 is 2.59 bits per heavy atom. The van der Waals surface area contributed by atoms with E-state index in [-0.39, 0.29) is 0 Å². The van der Waals surface area contributed by atoms with Gasteiger partial charge in [-0.15, -0.1) is 0 Å². The molecule has 0 radical (unpaired) electrons. The summed E-state index contributed by atoms with van der Waals surface area (Å²) in [6.45, 7) is 0. The van der Waals surface area contributed by atoms with Crippen LogP contribution in [0, 0.1) is 0 Å². The number of hydrogen-bond donors (Lipinski definition) is 2. The molecule has 0 amide bonds. The van der Waals surface area contributed by atoms with E-state index in [1.54, 1.807) is 12.4 Å². The molecule has 0 bridgehead atoms. The molecule has 0 saturated heterocycles. The average molecular weight is 373 g/mol. The Labute approximate surface area is 157 Å². The van der Waals surface area contributed by atoms with Gasteiger partial charge in [0.05, 0.1) is 16.6 Å². The predicted molar refractivity (Wildman–Crippen MR) is 106 cm³/mol. The van der Waals surface area contributed by atoms with E-state index in [1.807, 2.05) is 54.6 Å². The first-order valence-corrected chi connectivity index (χ1v) is 9.80. The van der Waals surface area contributed by atoms with Crippen molar-refractivity contribution >= 4 is 33.1 Å². The van der Waals surface area contributed by atoms with Crippen LogP contribution < -0.4 is 0 Å². The van der Waals surface area contributed by atoms with E-state index in [4.69, 9.17) is 0 Å². The average Bonchev–Trinajstić information content (AvgIpc) is 3.31. The van der Waals surface area contributed by atoms with Crippen LogP contribution in [0.4, 0.5) is 0 Å². The maximum Gasteiger partial charge on any atom is 0.321 e. The first kappa shape index (κ1) is 16.0. The van der Waals surface area contributed by atoms with Crippen molar-refractivity contribution in [2.45, 2.75) is 10.9 Å². The molecule has 5 aromatic rings. The van der Waals surface area contributed by atoms with Crippen LogP contribution in [0.15, 0.2) is 72.1 Å². The summed E-state index contributed by atoms with van der Waals surface area (Å²) < 4.78 is 12.7. The first-order chi connectivity index (χ1) is 13.3. The lowest BCUT2D eigenvalue weighted by Crippen LogP contribution is -2.06. The zero-order chi connectivity index (χ0) is 18.2. The summed E-state index contributed by atoms with van der Waals surface area (Å²) in [4.78, 5) is 11.8. The minimum absolute atomic E-state index is 0.433. The number of rotatable bonds is 4. The predicted octanol–water partition coefficient (Wildman–Crippen LogP) is 3.81. The van der Waals surface area contributed by atoms with Crippen LogP contribution in [-0.4, -0.2) is 29.7 Å². The summed E-state index contributed by atoms with van der Waals surface area (Å²) in [5.41, 5.74) is 5.37. The highest BCUT2D eigenvalue weighted by atomic mass is 32.2. The number of benzene rings is 2. The molecule has 3 aromatic heterocycles. The smallest absolute Gasteiger partial charge is 0.321 e. The Balaban J connectivity index is 1.54. The van der Waals surface area contributed by atoms with E-state index in [2.05, 4.69) is 25.1 Å². The Morgan fingerprint density at radius 2 is 1.78 bits per heavy atom. The van der Waals surface area contributed by atoms with Crippen molar-refractivity contribution in [3.05, 3.63) is 72.6 Å². The quantitative estimate of drug-likeness (QED) is 0.469. The normalized spacial score (nSPS) is 12.6. The third-order valence-corrected chi connectivity index (χ3v) is 5.67. The molecule has 6 nitrogen and oxygen atoms in total. The molecule has 1 atom stereocenters. The Bertz CT molecular complexity index is 1220. The van der Waals surface area contributed by atoms with Crippen LogP contribution in [0.2, 0.25) is 0 Å². The molecule has 2 N–H and O–H groups in total. The number of nitrogens with one attached hydrogen (secondary N) is 2. The molecule has 0 saturated carbocycles. The van der Waals surface area contributed by atoms with Gasteiger partial charge in [0.25, 0.3) is 0 Å². The van der Waals surface area contributed by atoms with E-state index in [0.29, 0.717) is 10.9 Å². The van der Waals surface area contributed by atoms with Crippen molar-refractivity contribution in [1.82, 2.24) is 25.1 Å². The van der Waals surface area contributed by atoms with E-state index in [9.17, 15) is 4.55 Å². The summed E-state index contributed by atoms with van der Waals surface area (Å²) in [6, 6.07) is 17.6. The molecule has 0 aliphatic rings. The summed E-state index contributed by atoms with van der Waals surface area (Å²) in [5, 5.41) is 8.95. The second kappa shape index (κ2) is 6.53. The van der Waals surface area contributed by atoms with Crippen LogP contribution in [0.25, 0.3) is 33.2 Å². The Morgan fingerprint density at radius 1 is 0.963 bits per heavy atom. The van der Waals surface area contributed by atoms with Gasteiger partial charge >= 0.3 is 5.16 Å². The van der Waals surface area contributed by atoms with Crippen molar-refractivity contribution in [3.8, 4) is 11.3 Å².